The lowest BCUT2D eigenvalue weighted by Gasteiger charge is -1.97. The van der Waals surface area contributed by atoms with Crippen LogP contribution in [0, 0.1) is 0 Å². The van der Waals surface area contributed by atoms with Crippen LogP contribution in [0.25, 0.3) is 0 Å². The van der Waals surface area contributed by atoms with Crippen molar-refractivity contribution in [2.24, 2.45) is 10.2 Å². The molecule has 0 aliphatic carbocycles. The zero-order chi connectivity index (χ0) is 12.3. The van der Waals surface area contributed by atoms with Crippen molar-refractivity contribution in [1.29, 1.82) is 0 Å². The fraction of sp³-hybridized carbons (Fsp3) is 0. The summed E-state index contributed by atoms with van der Waals surface area (Å²) < 4.78 is 0. The van der Waals surface area contributed by atoms with Crippen LogP contribution in [0.1, 0.15) is 0 Å². The Balaban J connectivity index is 2.20. The molecular weight excluding hydrogens is 259 g/mol. The summed E-state index contributed by atoms with van der Waals surface area (Å²) in [5, 5.41) is 18.3. The van der Waals surface area contributed by atoms with Crippen molar-refractivity contribution < 1.29 is 5.11 Å². The molecule has 0 saturated carbocycles. The number of rotatable bonds is 2. The van der Waals surface area contributed by atoms with E-state index in [9.17, 15) is 5.11 Å². The predicted molar refractivity (Wildman–Crippen MR) is 68.7 cm³/mol. The Bertz CT molecular complexity index is 553. The zero-order valence-electron chi connectivity index (χ0n) is 8.64. The third-order valence-electron chi connectivity index (χ3n) is 2.04. The summed E-state index contributed by atoms with van der Waals surface area (Å²) >= 11 is 11.4. The summed E-state index contributed by atoms with van der Waals surface area (Å²) in [4.78, 5) is 0. The summed E-state index contributed by atoms with van der Waals surface area (Å²) in [5.41, 5.74) is 1.21. The van der Waals surface area contributed by atoms with Crippen LogP contribution in [0.5, 0.6) is 5.75 Å². The summed E-state index contributed by atoms with van der Waals surface area (Å²) in [6, 6.07) is 11.6. The minimum atomic E-state index is -0.0146. The molecule has 17 heavy (non-hydrogen) atoms. The molecule has 0 heterocycles. The van der Waals surface area contributed by atoms with Gasteiger partial charge in [-0.05, 0) is 36.4 Å². The lowest BCUT2D eigenvalue weighted by atomic mass is 10.3. The number of azo groups is 1. The van der Waals surface area contributed by atoms with Crippen LogP contribution < -0.4 is 0 Å². The van der Waals surface area contributed by atoms with Crippen molar-refractivity contribution in [3.05, 3.63) is 52.5 Å². The first-order valence-corrected chi connectivity index (χ1v) is 5.56. The van der Waals surface area contributed by atoms with Crippen LogP contribution in [-0.2, 0) is 0 Å². The summed E-state index contributed by atoms with van der Waals surface area (Å²) in [5.74, 6) is -0.0146. The van der Waals surface area contributed by atoms with Gasteiger partial charge < -0.3 is 5.11 Å². The summed E-state index contributed by atoms with van der Waals surface area (Å²) in [7, 11) is 0. The molecule has 0 saturated heterocycles. The molecule has 5 heteroatoms. The van der Waals surface area contributed by atoms with E-state index in [1.54, 1.807) is 36.4 Å². The van der Waals surface area contributed by atoms with E-state index in [1.165, 1.54) is 6.07 Å². The number of benzene rings is 2. The van der Waals surface area contributed by atoms with Gasteiger partial charge in [0.2, 0.25) is 0 Å². The molecule has 2 rings (SSSR count). The maximum Gasteiger partial charge on any atom is 0.136 e. The van der Waals surface area contributed by atoms with Crippen LogP contribution >= 0.6 is 23.2 Å². The van der Waals surface area contributed by atoms with Gasteiger partial charge in [0.15, 0.2) is 0 Å². The standard InChI is InChI=1S/C12H8Cl2N2O/c13-8-1-3-9(4-2-8)15-16-10-5-6-11(14)12(17)7-10/h1-7,17H. The van der Waals surface area contributed by atoms with Gasteiger partial charge in [0.05, 0.1) is 16.4 Å². The minimum absolute atomic E-state index is 0.0146. The van der Waals surface area contributed by atoms with Gasteiger partial charge >= 0.3 is 0 Å². The van der Waals surface area contributed by atoms with E-state index in [-0.39, 0.29) is 10.8 Å². The van der Waals surface area contributed by atoms with E-state index in [2.05, 4.69) is 10.2 Å². The van der Waals surface area contributed by atoms with Crippen LogP contribution in [0.15, 0.2) is 52.7 Å². The minimum Gasteiger partial charge on any atom is -0.506 e. The Hall–Kier alpha value is -1.58. The van der Waals surface area contributed by atoms with Crippen molar-refractivity contribution in [1.82, 2.24) is 0 Å². The maximum absolute atomic E-state index is 9.38. The molecule has 0 spiro atoms. The molecule has 0 bridgehead atoms. The average molecular weight is 267 g/mol. The van der Waals surface area contributed by atoms with Gasteiger partial charge in [0.1, 0.15) is 5.75 Å². The fourth-order valence-corrected chi connectivity index (χ4v) is 1.43. The Morgan fingerprint density at radius 3 is 2.06 bits per heavy atom. The monoisotopic (exact) mass is 266 g/mol. The zero-order valence-corrected chi connectivity index (χ0v) is 10.2. The second kappa shape index (κ2) is 5.17. The fourth-order valence-electron chi connectivity index (χ4n) is 1.19. The molecule has 0 aromatic heterocycles. The highest BCUT2D eigenvalue weighted by molar-refractivity contribution is 6.32. The van der Waals surface area contributed by atoms with Crippen molar-refractivity contribution in [2.45, 2.75) is 0 Å². The van der Waals surface area contributed by atoms with Crippen molar-refractivity contribution in [3.8, 4) is 5.75 Å². The first-order valence-electron chi connectivity index (χ1n) is 4.81. The molecule has 3 nitrogen and oxygen atoms in total. The van der Waals surface area contributed by atoms with Crippen molar-refractivity contribution in [2.75, 3.05) is 0 Å². The number of halogens is 2. The van der Waals surface area contributed by atoms with Gasteiger partial charge in [-0.3, -0.25) is 0 Å². The Morgan fingerprint density at radius 1 is 0.824 bits per heavy atom. The number of phenols is 1. The van der Waals surface area contributed by atoms with Gasteiger partial charge in [-0.15, -0.1) is 0 Å². The quantitative estimate of drug-likeness (QED) is 0.754. The van der Waals surface area contributed by atoms with E-state index < -0.39 is 0 Å². The van der Waals surface area contributed by atoms with Gasteiger partial charge in [0, 0.05) is 11.1 Å². The van der Waals surface area contributed by atoms with Gasteiger partial charge in [0.25, 0.3) is 0 Å². The SMILES string of the molecule is Oc1cc(N=Nc2ccc(Cl)cc2)ccc1Cl. The largest absolute Gasteiger partial charge is 0.506 e. The highest BCUT2D eigenvalue weighted by Crippen LogP contribution is 2.28. The lowest BCUT2D eigenvalue weighted by Crippen LogP contribution is -1.68. The Labute approximate surface area is 108 Å². The second-order valence-corrected chi connectivity index (χ2v) is 4.16. The number of phenolic OH excluding ortho intramolecular Hbond substituents is 1. The Morgan fingerprint density at radius 2 is 1.41 bits per heavy atom. The van der Waals surface area contributed by atoms with Crippen molar-refractivity contribution in [3.63, 3.8) is 0 Å². The molecule has 86 valence electrons. The first-order chi connectivity index (χ1) is 8.15. The average Bonchev–Trinajstić information content (AvgIpc) is 2.33. The van der Waals surface area contributed by atoms with Crippen LogP contribution in [0.2, 0.25) is 10.0 Å². The molecule has 1 N–H and O–H groups in total. The maximum atomic E-state index is 9.38. The molecule has 0 atom stereocenters. The van der Waals surface area contributed by atoms with Crippen LogP contribution in [-0.4, -0.2) is 5.11 Å². The third kappa shape index (κ3) is 3.19. The second-order valence-electron chi connectivity index (χ2n) is 3.31. The van der Waals surface area contributed by atoms with Gasteiger partial charge in [-0.2, -0.15) is 10.2 Å². The summed E-state index contributed by atoms with van der Waals surface area (Å²) in [6.07, 6.45) is 0. The van der Waals surface area contributed by atoms with E-state index >= 15 is 0 Å². The molecule has 2 aromatic carbocycles. The molecule has 0 unspecified atom stereocenters. The van der Waals surface area contributed by atoms with Gasteiger partial charge in [-0.1, -0.05) is 23.2 Å². The lowest BCUT2D eigenvalue weighted by molar-refractivity contribution is 0.476. The molecule has 0 aliphatic rings. The van der Waals surface area contributed by atoms with Gasteiger partial charge in [-0.25, -0.2) is 0 Å². The van der Waals surface area contributed by atoms with E-state index in [0.29, 0.717) is 16.4 Å². The number of nitrogens with zero attached hydrogens (tertiary/aromatic N) is 2. The number of hydrogen-bond acceptors (Lipinski definition) is 3. The number of hydrogen-bond donors (Lipinski definition) is 1. The topological polar surface area (TPSA) is 45.0 Å². The molecule has 0 aliphatic heterocycles. The number of aromatic hydroxyl groups is 1. The highest BCUT2D eigenvalue weighted by Gasteiger charge is 1.98. The summed E-state index contributed by atoms with van der Waals surface area (Å²) in [6.45, 7) is 0. The first kappa shape index (κ1) is 11.9. The normalized spacial score (nSPS) is 10.9. The molecule has 0 amide bonds. The predicted octanol–water partition coefficient (Wildman–Crippen LogP) is 5.11. The molecule has 2 aromatic rings. The molecule has 0 radical (unpaired) electrons. The van der Waals surface area contributed by atoms with Crippen LogP contribution in [0.4, 0.5) is 11.4 Å². The highest BCUT2D eigenvalue weighted by atomic mass is 35.5. The van der Waals surface area contributed by atoms with E-state index in [4.69, 9.17) is 23.2 Å². The van der Waals surface area contributed by atoms with Crippen LogP contribution in [0.3, 0.4) is 0 Å². The molecular formula is C12H8Cl2N2O. The Kier molecular flexibility index (Phi) is 3.61. The molecule has 0 fully saturated rings. The van der Waals surface area contributed by atoms with E-state index in [1.807, 2.05) is 0 Å². The third-order valence-corrected chi connectivity index (χ3v) is 2.61. The van der Waals surface area contributed by atoms with Crippen molar-refractivity contribution >= 4 is 34.6 Å². The van der Waals surface area contributed by atoms with E-state index in [0.717, 1.165) is 0 Å². The smallest absolute Gasteiger partial charge is 0.136 e.